The van der Waals surface area contributed by atoms with E-state index >= 15 is 0 Å². The fourth-order valence-electron chi connectivity index (χ4n) is 3.60. The van der Waals surface area contributed by atoms with Crippen LogP contribution in [-0.2, 0) is 9.47 Å². The lowest BCUT2D eigenvalue weighted by Gasteiger charge is -2.54. The van der Waals surface area contributed by atoms with Gasteiger partial charge in [-0.15, -0.1) is 0 Å². The van der Waals surface area contributed by atoms with Crippen molar-refractivity contribution in [2.24, 2.45) is 22.5 Å². The molecular weight excluding hydrogens is 190 g/mol. The highest BCUT2D eigenvalue weighted by Gasteiger charge is 2.64. The van der Waals surface area contributed by atoms with Gasteiger partial charge in [0.15, 0.2) is 0 Å². The third-order valence-corrected chi connectivity index (χ3v) is 5.02. The van der Waals surface area contributed by atoms with Gasteiger partial charge in [-0.25, -0.2) is 0 Å². The first-order chi connectivity index (χ1) is 7.33. The standard InChI is InChI=1S/C12H21NO2/c13-7-11(3-4-11)12(8-15-9-12)10-1-5-14-6-2-10/h10H,1-9,13H2. The second kappa shape index (κ2) is 3.44. The molecule has 86 valence electrons. The summed E-state index contributed by atoms with van der Waals surface area (Å²) < 4.78 is 11.0. The Labute approximate surface area is 91.3 Å². The number of rotatable bonds is 3. The Balaban J connectivity index is 1.79. The Morgan fingerprint density at radius 2 is 1.73 bits per heavy atom. The van der Waals surface area contributed by atoms with Gasteiger partial charge in [-0.05, 0) is 43.6 Å². The number of ether oxygens (including phenoxy) is 2. The molecular formula is C12H21NO2. The van der Waals surface area contributed by atoms with E-state index in [1.54, 1.807) is 0 Å². The SMILES string of the molecule is NCC1(C2(C3CCOCC3)COC2)CC1. The van der Waals surface area contributed by atoms with Gasteiger partial charge in [0.1, 0.15) is 0 Å². The topological polar surface area (TPSA) is 44.5 Å². The van der Waals surface area contributed by atoms with Gasteiger partial charge < -0.3 is 15.2 Å². The Bertz CT molecular complexity index is 240. The lowest BCUT2D eigenvalue weighted by Crippen LogP contribution is -2.57. The van der Waals surface area contributed by atoms with Crippen molar-refractivity contribution in [1.29, 1.82) is 0 Å². The lowest BCUT2D eigenvalue weighted by atomic mass is 9.60. The van der Waals surface area contributed by atoms with Gasteiger partial charge in [-0.2, -0.15) is 0 Å². The molecule has 2 saturated heterocycles. The van der Waals surface area contributed by atoms with Crippen LogP contribution in [0.2, 0.25) is 0 Å². The Hall–Kier alpha value is -0.120. The molecule has 2 N–H and O–H groups in total. The van der Waals surface area contributed by atoms with E-state index in [9.17, 15) is 0 Å². The van der Waals surface area contributed by atoms with Crippen molar-refractivity contribution in [3.8, 4) is 0 Å². The average molecular weight is 211 g/mol. The Morgan fingerprint density at radius 3 is 2.13 bits per heavy atom. The number of nitrogens with two attached hydrogens (primary N) is 1. The van der Waals surface area contributed by atoms with Crippen LogP contribution in [0, 0.1) is 16.7 Å². The van der Waals surface area contributed by atoms with E-state index < -0.39 is 0 Å². The molecule has 3 fully saturated rings. The molecule has 0 bridgehead atoms. The molecule has 0 spiro atoms. The van der Waals surface area contributed by atoms with Crippen LogP contribution in [-0.4, -0.2) is 33.0 Å². The van der Waals surface area contributed by atoms with E-state index in [1.807, 2.05) is 0 Å². The Morgan fingerprint density at radius 1 is 1.07 bits per heavy atom. The molecule has 2 heterocycles. The summed E-state index contributed by atoms with van der Waals surface area (Å²) in [6.45, 7) is 4.64. The van der Waals surface area contributed by atoms with Gasteiger partial charge in [0.2, 0.25) is 0 Å². The average Bonchev–Trinajstić information content (AvgIpc) is 2.99. The van der Waals surface area contributed by atoms with Crippen molar-refractivity contribution in [3.05, 3.63) is 0 Å². The third-order valence-electron chi connectivity index (χ3n) is 5.02. The van der Waals surface area contributed by atoms with E-state index in [0.717, 1.165) is 38.9 Å². The Kier molecular flexibility index (Phi) is 2.31. The van der Waals surface area contributed by atoms with Gasteiger partial charge in [0.25, 0.3) is 0 Å². The van der Waals surface area contributed by atoms with Gasteiger partial charge >= 0.3 is 0 Å². The van der Waals surface area contributed by atoms with Crippen molar-refractivity contribution < 1.29 is 9.47 Å². The summed E-state index contributed by atoms with van der Waals surface area (Å²) >= 11 is 0. The molecule has 3 aliphatic rings. The van der Waals surface area contributed by atoms with Crippen LogP contribution in [0.5, 0.6) is 0 Å². The molecule has 3 rings (SSSR count). The molecule has 0 aromatic heterocycles. The second-order valence-corrected chi connectivity index (χ2v) is 5.52. The van der Waals surface area contributed by atoms with Crippen LogP contribution in [0.1, 0.15) is 25.7 Å². The summed E-state index contributed by atoms with van der Waals surface area (Å²) in [7, 11) is 0. The van der Waals surface area contributed by atoms with Crippen molar-refractivity contribution in [2.75, 3.05) is 33.0 Å². The lowest BCUT2D eigenvalue weighted by molar-refractivity contribution is -0.199. The first-order valence-corrected chi connectivity index (χ1v) is 6.19. The van der Waals surface area contributed by atoms with Crippen molar-refractivity contribution in [3.63, 3.8) is 0 Å². The summed E-state index contributed by atoms with van der Waals surface area (Å²) in [4.78, 5) is 0. The molecule has 1 saturated carbocycles. The van der Waals surface area contributed by atoms with Crippen LogP contribution >= 0.6 is 0 Å². The van der Waals surface area contributed by atoms with E-state index in [1.165, 1.54) is 25.7 Å². The van der Waals surface area contributed by atoms with Crippen LogP contribution in [0.25, 0.3) is 0 Å². The van der Waals surface area contributed by atoms with E-state index in [-0.39, 0.29) is 0 Å². The highest BCUT2D eigenvalue weighted by atomic mass is 16.5. The third kappa shape index (κ3) is 1.30. The van der Waals surface area contributed by atoms with E-state index in [2.05, 4.69) is 0 Å². The molecule has 15 heavy (non-hydrogen) atoms. The number of hydrogen-bond acceptors (Lipinski definition) is 3. The number of hydrogen-bond donors (Lipinski definition) is 1. The zero-order chi connectivity index (χ0) is 10.4. The zero-order valence-electron chi connectivity index (χ0n) is 9.34. The van der Waals surface area contributed by atoms with Gasteiger partial charge in [-0.1, -0.05) is 0 Å². The summed E-state index contributed by atoms with van der Waals surface area (Å²) in [5.74, 6) is 0.797. The van der Waals surface area contributed by atoms with Crippen LogP contribution in [0.4, 0.5) is 0 Å². The highest BCUT2D eigenvalue weighted by molar-refractivity contribution is 5.13. The minimum absolute atomic E-state index is 0.422. The maximum absolute atomic E-state index is 5.98. The molecule has 0 radical (unpaired) electrons. The van der Waals surface area contributed by atoms with Crippen molar-refractivity contribution in [2.45, 2.75) is 25.7 Å². The predicted octanol–water partition coefficient (Wildman–Crippen LogP) is 1.17. The molecule has 0 aromatic rings. The van der Waals surface area contributed by atoms with Gasteiger partial charge in [0.05, 0.1) is 13.2 Å². The second-order valence-electron chi connectivity index (χ2n) is 5.52. The highest BCUT2D eigenvalue weighted by Crippen LogP contribution is 2.65. The molecule has 0 atom stereocenters. The van der Waals surface area contributed by atoms with Gasteiger partial charge in [-0.3, -0.25) is 0 Å². The normalized spacial score (nSPS) is 33.4. The van der Waals surface area contributed by atoms with E-state index in [0.29, 0.717) is 10.8 Å². The fraction of sp³-hybridized carbons (Fsp3) is 1.00. The molecule has 3 nitrogen and oxygen atoms in total. The van der Waals surface area contributed by atoms with Crippen molar-refractivity contribution >= 4 is 0 Å². The molecule has 0 aromatic carbocycles. The summed E-state index contributed by atoms with van der Waals surface area (Å²) in [6, 6.07) is 0. The smallest absolute Gasteiger partial charge is 0.0553 e. The first kappa shape index (κ1) is 10.1. The molecule has 1 aliphatic carbocycles. The van der Waals surface area contributed by atoms with Crippen LogP contribution in [0.3, 0.4) is 0 Å². The quantitative estimate of drug-likeness (QED) is 0.762. The molecule has 0 amide bonds. The summed E-state index contributed by atoms with van der Waals surface area (Å²) in [5, 5.41) is 0. The molecule has 0 unspecified atom stereocenters. The predicted molar refractivity (Wildman–Crippen MR) is 57.5 cm³/mol. The van der Waals surface area contributed by atoms with Gasteiger partial charge in [0, 0.05) is 18.6 Å². The summed E-state index contributed by atoms with van der Waals surface area (Å²) in [6.07, 6.45) is 5.07. The minimum atomic E-state index is 0.422. The monoisotopic (exact) mass is 211 g/mol. The maximum Gasteiger partial charge on any atom is 0.0553 e. The van der Waals surface area contributed by atoms with Crippen molar-refractivity contribution in [1.82, 2.24) is 0 Å². The minimum Gasteiger partial charge on any atom is -0.381 e. The van der Waals surface area contributed by atoms with E-state index in [4.69, 9.17) is 15.2 Å². The molecule has 2 aliphatic heterocycles. The first-order valence-electron chi connectivity index (χ1n) is 6.19. The maximum atomic E-state index is 5.98. The largest absolute Gasteiger partial charge is 0.381 e. The van der Waals surface area contributed by atoms with Crippen LogP contribution < -0.4 is 5.73 Å². The fourth-order valence-corrected chi connectivity index (χ4v) is 3.60. The molecule has 3 heteroatoms. The zero-order valence-corrected chi connectivity index (χ0v) is 9.34. The summed E-state index contributed by atoms with van der Waals surface area (Å²) in [5.41, 5.74) is 6.84. The van der Waals surface area contributed by atoms with Crippen LogP contribution in [0.15, 0.2) is 0 Å².